The maximum atomic E-state index is 3.57. The van der Waals surface area contributed by atoms with Gasteiger partial charge in [-0.15, -0.1) is 0 Å². The van der Waals surface area contributed by atoms with Gasteiger partial charge in [-0.05, 0) is 61.7 Å². The number of halogens is 1. The average Bonchev–Trinajstić information content (AvgIpc) is 2.41. The first-order valence-corrected chi connectivity index (χ1v) is 7.39. The van der Waals surface area contributed by atoms with Crippen molar-refractivity contribution in [2.75, 3.05) is 7.05 Å². The molecular formula is C17H20BrN. The van der Waals surface area contributed by atoms with E-state index in [0.29, 0.717) is 6.04 Å². The molecule has 0 amide bonds. The Balaban J connectivity index is 2.30. The quantitative estimate of drug-likeness (QED) is 0.871. The van der Waals surface area contributed by atoms with Crippen LogP contribution in [0.4, 0.5) is 0 Å². The molecule has 2 rings (SSSR count). The van der Waals surface area contributed by atoms with Gasteiger partial charge in [0.1, 0.15) is 0 Å². The molecule has 19 heavy (non-hydrogen) atoms. The molecule has 100 valence electrons. The Morgan fingerprint density at radius 1 is 1.05 bits per heavy atom. The number of nitrogens with one attached hydrogen (secondary N) is 1. The van der Waals surface area contributed by atoms with Crippen molar-refractivity contribution in [3.63, 3.8) is 0 Å². The second-order valence-electron chi connectivity index (χ2n) is 4.97. The molecule has 1 nitrogen and oxygen atoms in total. The Kier molecular flexibility index (Phi) is 4.78. The van der Waals surface area contributed by atoms with E-state index in [2.05, 4.69) is 77.6 Å². The summed E-state index contributed by atoms with van der Waals surface area (Å²) in [5.41, 5.74) is 5.45. The van der Waals surface area contributed by atoms with Crippen LogP contribution in [0.25, 0.3) is 0 Å². The zero-order valence-corrected chi connectivity index (χ0v) is 13.3. The first kappa shape index (κ1) is 14.3. The summed E-state index contributed by atoms with van der Waals surface area (Å²) in [6, 6.07) is 15.4. The summed E-state index contributed by atoms with van der Waals surface area (Å²) in [5, 5.41) is 3.44. The van der Waals surface area contributed by atoms with Crippen LogP contribution in [-0.2, 0) is 6.42 Å². The van der Waals surface area contributed by atoms with Gasteiger partial charge in [0.2, 0.25) is 0 Å². The molecule has 0 saturated heterocycles. The van der Waals surface area contributed by atoms with E-state index in [-0.39, 0.29) is 0 Å². The number of hydrogen-bond donors (Lipinski definition) is 1. The van der Waals surface area contributed by atoms with Crippen molar-refractivity contribution >= 4 is 15.9 Å². The van der Waals surface area contributed by atoms with Crippen LogP contribution in [0.2, 0.25) is 0 Å². The topological polar surface area (TPSA) is 12.0 Å². The smallest absolute Gasteiger partial charge is 0.0361 e. The Bertz CT molecular complexity index is 563. The fourth-order valence-electron chi connectivity index (χ4n) is 2.41. The van der Waals surface area contributed by atoms with E-state index in [1.165, 1.54) is 22.3 Å². The van der Waals surface area contributed by atoms with Gasteiger partial charge < -0.3 is 5.32 Å². The molecular weight excluding hydrogens is 298 g/mol. The molecule has 0 aliphatic heterocycles. The Morgan fingerprint density at radius 3 is 2.47 bits per heavy atom. The van der Waals surface area contributed by atoms with E-state index in [9.17, 15) is 0 Å². The summed E-state index contributed by atoms with van der Waals surface area (Å²) in [6.45, 7) is 4.35. The molecule has 1 unspecified atom stereocenters. The van der Waals surface area contributed by atoms with Crippen molar-refractivity contribution in [3.05, 3.63) is 69.2 Å². The highest BCUT2D eigenvalue weighted by Gasteiger charge is 2.13. The first-order valence-electron chi connectivity index (χ1n) is 6.59. The minimum Gasteiger partial charge on any atom is -0.313 e. The van der Waals surface area contributed by atoms with E-state index in [1.54, 1.807) is 0 Å². The maximum Gasteiger partial charge on any atom is 0.0361 e. The lowest BCUT2D eigenvalue weighted by Gasteiger charge is -2.20. The molecule has 2 heteroatoms. The van der Waals surface area contributed by atoms with Gasteiger partial charge in [0.05, 0.1) is 0 Å². The summed E-state index contributed by atoms with van der Waals surface area (Å²) in [5.74, 6) is 0. The fourth-order valence-corrected chi connectivity index (χ4v) is 2.79. The van der Waals surface area contributed by atoms with Gasteiger partial charge in [-0.3, -0.25) is 0 Å². The zero-order valence-electron chi connectivity index (χ0n) is 11.7. The van der Waals surface area contributed by atoms with E-state index in [4.69, 9.17) is 0 Å². The Labute approximate surface area is 124 Å². The molecule has 2 aromatic carbocycles. The molecule has 0 radical (unpaired) electrons. The first-order chi connectivity index (χ1) is 9.11. The Hall–Kier alpha value is -1.12. The lowest BCUT2D eigenvalue weighted by molar-refractivity contribution is 0.587. The zero-order chi connectivity index (χ0) is 13.8. The monoisotopic (exact) mass is 317 g/mol. The number of aryl methyl sites for hydroxylation is 2. The summed E-state index contributed by atoms with van der Waals surface area (Å²) >= 11 is 3.57. The van der Waals surface area contributed by atoms with Crippen LogP contribution in [0, 0.1) is 13.8 Å². The summed E-state index contributed by atoms with van der Waals surface area (Å²) in [4.78, 5) is 0. The van der Waals surface area contributed by atoms with Crippen molar-refractivity contribution in [2.24, 2.45) is 0 Å². The minimum atomic E-state index is 0.346. The molecule has 0 aliphatic carbocycles. The predicted molar refractivity (Wildman–Crippen MR) is 85.6 cm³/mol. The Morgan fingerprint density at radius 2 is 1.79 bits per heavy atom. The van der Waals surface area contributed by atoms with Gasteiger partial charge >= 0.3 is 0 Å². The van der Waals surface area contributed by atoms with Crippen LogP contribution in [0.1, 0.15) is 28.3 Å². The summed E-state index contributed by atoms with van der Waals surface area (Å²) in [6.07, 6.45) is 1.01. The highest BCUT2D eigenvalue weighted by molar-refractivity contribution is 9.10. The van der Waals surface area contributed by atoms with Crippen molar-refractivity contribution in [1.82, 2.24) is 5.32 Å². The molecule has 0 aliphatic rings. The van der Waals surface area contributed by atoms with Gasteiger partial charge in [-0.1, -0.05) is 46.3 Å². The van der Waals surface area contributed by atoms with Crippen LogP contribution in [0.5, 0.6) is 0 Å². The van der Waals surface area contributed by atoms with Crippen molar-refractivity contribution in [2.45, 2.75) is 26.3 Å². The third-order valence-electron chi connectivity index (χ3n) is 3.65. The van der Waals surface area contributed by atoms with Crippen LogP contribution in [0.3, 0.4) is 0 Å². The van der Waals surface area contributed by atoms with Crippen molar-refractivity contribution in [1.29, 1.82) is 0 Å². The highest BCUT2D eigenvalue weighted by Crippen LogP contribution is 2.25. The molecule has 0 saturated carbocycles. The lowest BCUT2D eigenvalue weighted by Crippen LogP contribution is -2.20. The average molecular weight is 318 g/mol. The largest absolute Gasteiger partial charge is 0.313 e. The van der Waals surface area contributed by atoms with Crippen LogP contribution >= 0.6 is 15.9 Å². The lowest BCUT2D eigenvalue weighted by atomic mass is 9.93. The van der Waals surface area contributed by atoms with Gasteiger partial charge in [0, 0.05) is 10.5 Å². The third kappa shape index (κ3) is 3.46. The van der Waals surface area contributed by atoms with Crippen molar-refractivity contribution in [3.8, 4) is 0 Å². The maximum absolute atomic E-state index is 3.57. The molecule has 0 aromatic heterocycles. The predicted octanol–water partition coefficient (Wildman–Crippen LogP) is 4.57. The van der Waals surface area contributed by atoms with Gasteiger partial charge in [0.25, 0.3) is 0 Å². The molecule has 0 spiro atoms. The minimum absolute atomic E-state index is 0.346. The second kappa shape index (κ2) is 6.36. The molecule has 0 fully saturated rings. The van der Waals surface area contributed by atoms with E-state index in [1.807, 2.05) is 7.05 Å². The number of likely N-dealkylation sites (N-methyl/N-ethyl adjacent to an activating group) is 1. The molecule has 0 heterocycles. The van der Waals surface area contributed by atoms with Gasteiger partial charge in [-0.2, -0.15) is 0 Å². The van der Waals surface area contributed by atoms with Crippen molar-refractivity contribution < 1.29 is 0 Å². The highest BCUT2D eigenvalue weighted by atomic mass is 79.9. The molecule has 0 bridgehead atoms. The van der Waals surface area contributed by atoms with E-state index < -0.39 is 0 Å². The van der Waals surface area contributed by atoms with Crippen LogP contribution in [-0.4, -0.2) is 7.05 Å². The normalized spacial score (nSPS) is 12.4. The van der Waals surface area contributed by atoms with Crippen LogP contribution in [0.15, 0.2) is 46.9 Å². The molecule has 1 atom stereocenters. The van der Waals surface area contributed by atoms with Crippen LogP contribution < -0.4 is 5.32 Å². The number of benzene rings is 2. The van der Waals surface area contributed by atoms with Gasteiger partial charge in [0.15, 0.2) is 0 Å². The van der Waals surface area contributed by atoms with Gasteiger partial charge in [-0.25, -0.2) is 0 Å². The third-order valence-corrected chi connectivity index (χ3v) is 4.14. The fraction of sp³-hybridized carbons (Fsp3) is 0.294. The summed E-state index contributed by atoms with van der Waals surface area (Å²) < 4.78 is 1.14. The number of rotatable bonds is 4. The standard InChI is InChI=1S/C17H20BrN/c1-12-6-4-5-7-14(12)10-17(19-3)16-11-15(18)9-8-13(16)2/h4-9,11,17,19H,10H2,1-3H3. The molecule has 2 aromatic rings. The SMILES string of the molecule is CNC(Cc1ccccc1C)c1cc(Br)ccc1C. The number of hydrogen-bond acceptors (Lipinski definition) is 1. The van der Waals surface area contributed by atoms with E-state index >= 15 is 0 Å². The second-order valence-corrected chi connectivity index (χ2v) is 5.89. The van der Waals surface area contributed by atoms with E-state index in [0.717, 1.165) is 10.9 Å². The summed E-state index contributed by atoms with van der Waals surface area (Å²) in [7, 11) is 2.03. The molecule has 1 N–H and O–H groups in total.